The van der Waals surface area contributed by atoms with E-state index in [4.69, 9.17) is 4.42 Å². The van der Waals surface area contributed by atoms with Gasteiger partial charge in [-0.3, -0.25) is 9.59 Å². The molecule has 0 saturated heterocycles. The zero-order valence-electron chi connectivity index (χ0n) is 9.25. The smallest absolute Gasteiger partial charge is 0.317 e. The lowest BCUT2D eigenvalue weighted by atomic mass is 9.80. The molecule has 1 aliphatic rings. The van der Waals surface area contributed by atoms with Crippen LogP contribution in [-0.4, -0.2) is 24.0 Å². The van der Waals surface area contributed by atoms with Crippen molar-refractivity contribution >= 4 is 11.8 Å². The predicted molar refractivity (Wildman–Crippen MR) is 57.3 cm³/mol. The molecule has 17 heavy (non-hydrogen) atoms. The lowest BCUT2D eigenvalue weighted by molar-refractivity contribution is -0.146. The molecular formula is C12H12O5. The molecule has 5 nitrogen and oxygen atoms in total. The van der Waals surface area contributed by atoms with Gasteiger partial charge in [-0.25, -0.2) is 0 Å². The van der Waals surface area contributed by atoms with Gasteiger partial charge in [-0.15, -0.1) is 0 Å². The normalized spacial score (nSPS) is 24.3. The van der Waals surface area contributed by atoms with Gasteiger partial charge in [0.1, 0.15) is 17.4 Å². The van der Waals surface area contributed by atoms with Crippen LogP contribution in [0.25, 0.3) is 0 Å². The highest BCUT2D eigenvalue weighted by Crippen LogP contribution is 2.36. The van der Waals surface area contributed by atoms with Crippen LogP contribution in [0.3, 0.4) is 0 Å². The number of rotatable bonds is 2. The summed E-state index contributed by atoms with van der Waals surface area (Å²) in [6.45, 7) is 0. The Morgan fingerprint density at radius 3 is 2.94 bits per heavy atom. The third-order valence-corrected chi connectivity index (χ3v) is 2.81. The van der Waals surface area contributed by atoms with E-state index in [9.17, 15) is 14.7 Å². The van der Waals surface area contributed by atoms with Crippen molar-refractivity contribution in [1.82, 2.24) is 0 Å². The number of methoxy groups -OCH3 is 1. The standard InChI is InChI=1S/C12H12O5/c1-16-12(15)11-8(10-3-2-4-17-10)5-7(13)6-9(11)14/h2-4,6,8,11,14H,5H2,1H3/t8-,11-/m0/s1. The fourth-order valence-corrected chi connectivity index (χ4v) is 2.03. The fraction of sp³-hybridized carbons (Fsp3) is 0.333. The van der Waals surface area contributed by atoms with Gasteiger partial charge >= 0.3 is 5.97 Å². The molecule has 1 heterocycles. The third kappa shape index (κ3) is 2.08. The van der Waals surface area contributed by atoms with Crippen molar-refractivity contribution in [2.45, 2.75) is 12.3 Å². The van der Waals surface area contributed by atoms with E-state index >= 15 is 0 Å². The first-order valence-corrected chi connectivity index (χ1v) is 5.18. The molecule has 5 heteroatoms. The highest BCUT2D eigenvalue weighted by molar-refractivity contribution is 5.94. The number of hydrogen-bond donors (Lipinski definition) is 1. The minimum atomic E-state index is -0.871. The Morgan fingerprint density at radius 2 is 2.35 bits per heavy atom. The van der Waals surface area contributed by atoms with Crippen molar-refractivity contribution in [3.05, 3.63) is 36.0 Å². The Labute approximate surface area is 97.7 Å². The minimum absolute atomic E-state index is 0.122. The molecule has 0 aliphatic heterocycles. The van der Waals surface area contributed by atoms with Gasteiger partial charge < -0.3 is 14.3 Å². The fourth-order valence-electron chi connectivity index (χ4n) is 2.03. The lowest BCUT2D eigenvalue weighted by Gasteiger charge is -2.25. The average Bonchev–Trinajstić information content (AvgIpc) is 2.80. The SMILES string of the molecule is COC(=O)[C@@H]1C(O)=CC(=O)C[C@H]1c1ccco1. The summed E-state index contributed by atoms with van der Waals surface area (Å²) in [7, 11) is 1.24. The summed E-state index contributed by atoms with van der Waals surface area (Å²) in [6.07, 6.45) is 2.65. The van der Waals surface area contributed by atoms with Crippen LogP contribution in [0.5, 0.6) is 0 Å². The number of ketones is 1. The van der Waals surface area contributed by atoms with Crippen molar-refractivity contribution in [2.75, 3.05) is 7.11 Å². The average molecular weight is 236 g/mol. The van der Waals surface area contributed by atoms with E-state index < -0.39 is 17.8 Å². The van der Waals surface area contributed by atoms with E-state index in [0.717, 1.165) is 6.08 Å². The summed E-state index contributed by atoms with van der Waals surface area (Å²) < 4.78 is 9.83. The number of esters is 1. The van der Waals surface area contributed by atoms with E-state index in [1.807, 2.05) is 0 Å². The first-order chi connectivity index (χ1) is 8.13. The Hall–Kier alpha value is -2.04. The number of carbonyl (C=O) groups excluding carboxylic acids is 2. The van der Waals surface area contributed by atoms with Crippen LogP contribution in [0, 0.1) is 5.92 Å². The Balaban J connectivity index is 2.38. The maximum absolute atomic E-state index is 11.6. The summed E-state index contributed by atoms with van der Waals surface area (Å²) in [6, 6.07) is 3.34. The summed E-state index contributed by atoms with van der Waals surface area (Å²) in [5.41, 5.74) is 0. The maximum atomic E-state index is 11.6. The molecule has 90 valence electrons. The second-order valence-corrected chi connectivity index (χ2v) is 3.86. The highest BCUT2D eigenvalue weighted by Gasteiger charge is 2.40. The van der Waals surface area contributed by atoms with Gasteiger partial charge in [0, 0.05) is 18.4 Å². The molecule has 0 saturated carbocycles. The van der Waals surface area contributed by atoms with Crippen molar-refractivity contribution in [3.63, 3.8) is 0 Å². The first-order valence-electron chi connectivity index (χ1n) is 5.18. The zero-order chi connectivity index (χ0) is 12.4. The number of aliphatic hydroxyl groups excluding tert-OH is 1. The van der Waals surface area contributed by atoms with Crippen LogP contribution in [0.15, 0.2) is 34.6 Å². The molecule has 2 atom stereocenters. The van der Waals surface area contributed by atoms with Gasteiger partial charge in [0.25, 0.3) is 0 Å². The zero-order valence-corrected chi connectivity index (χ0v) is 9.25. The third-order valence-electron chi connectivity index (χ3n) is 2.81. The van der Waals surface area contributed by atoms with E-state index in [-0.39, 0.29) is 18.0 Å². The Kier molecular flexibility index (Phi) is 2.99. The summed E-state index contributed by atoms with van der Waals surface area (Å²) >= 11 is 0. The largest absolute Gasteiger partial charge is 0.511 e. The molecule has 0 radical (unpaired) electrons. The van der Waals surface area contributed by atoms with Crippen LogP contribution in [0.4, 0.5) is 0 Å². The molecule has 0 spiro atoms. The van der Waals surface area contributed by atoms with Gasteiger partial charge in [0.2, 0.25) is 0 Å². The van der Waals surface area contributed by atoms with Crippen LogP contribution in [0.2, 0.25) is 0 Å². The van der Waals surface area contributed by atoms with Crippen LogP contribution < -0.4 is 0 Å². The molecule has 1 aromatic rings. The number of carbonyl (C=O) groups is 2. The Bertz CT molecular complexity index is 457. The minimum Gasteiger partial charge on any atom is -0.511 e. The maximum Gasteiger partial charge on any atom is 0.317 e. The van der Waals surface area contributed by atoms with E-state index in [2.05, 4.69) is 4.74 Å². The Morgan fingerprint density at radius 1 is 1.59 bits per heavy atom. The van der Waals surface area contributed by atoms with Crippen LogP contribution >= 0.6 is 0 Å². The molecule has 0 unspecified atom stereocenters. The number of ether oxygens (including phenoxy) is 1. The number of hydrogen-bond acceptors (Lipinski definition) is 5. The number of furan rings is 1. The monoisotopic (exact) mass is 236 g/mol. The molecule has 1 aliphatic carbocycles. The van der Waals surface area contributed by atoms with E-state index in [1.165, 1.54) is 13.4 Å². The summed E-state index contributed by atoms with van der Waals surface area (Å²) in [4.78, 5) is 23.0. The molecule has 0 aromatic carbocycles. The summed E-state index contributed by atoms with van der Waals surface area (Å²) in [5, 5.41) is 9.71. The molecule has 0 bridgehead atoms. The van der Waals surface area contributed by atoms with Gasteiger partial charge in [-0.05, 0) is 12.1 Å². The molecule has 2 rings (SSSR count). The lowest BCUT2D eigenvalue weighted by Crippen LogP contribution is -2.30. The highest BCUT2D eigenvalue weighted by atomic mass is 16.5. The number of aliphatic hydroxyl groups is 1. The van der Waals surface area contributed by atoms with Crippen molar-refractivity contribution < 1.29 is 23.8 Å². The van der Waals surface area contributed by atoms with E-state index in [1.54, 1.807) is 12.1 Å². The second kappa shape index (κ2) is 4.45. The van der Waals surface area contributed by atoms with Gasteiger partial charge in [-0.2, -0.15) is 0 Å². The van der Waals surface area contributed by atoms with Crippen LogP contribution in [0.1, 0.15) is 18.1 Å². The first kappa shape index (κ1) is 11.4. The van der Waals surface area contributed by atoms with E-state index in [0.29, 0.717) is 5.76 Å². The second-order valence-electron chi connectivity index (χ2n) is 3.86. The molecule has 1 N–H and O–H groups in total. The molecule has 1 aromatic heterocycles. The predicted octanol–water partition coefficient (Wildman–Crippen LogP) is 1.57. The number of allylic oxidation sites excluding steroid dienone is 1. The molecule has 0 fully saturated rings. The topological polar surface area (TPSA) is 76.7 Å². The van der Waals surface area contributed by atoms with Gasteiger partial charge in [0.15, 0.2) is 5.78 Å². The van der Waals surface area contributed by atoms with Gasteiger partial charge in [-0.1, -0.05) is 0 Å². The van der Waals surface area contributed by atoms with Crippen molar-refractivity contribution in [2.24, 2.45) is 5.92 Å². The summed E-state index contributed by atoms with van der Waals surface area (Å²) in [5.74, 6) is -1.96. The molecular weight excluding hydrogens is 224 g/mol. The molecule has 0 amide bonds. The van der Waals surface area contributed by atoms with Crippen molar-refractivity contribution in [3.8, 4) is 0 Å². The van der Waals surface area contributed by atoms with Gasteiger partial charge in [0.05, 0.1) is 13.4 Å². The van der Waals surface area contributed by atoms with Crippen LogP contribution in [-0.2, 0) is 14.3 Å². The van der Waals surface area contributed by atoms with Crippen molar-refractivity contribution in [1.29, 1.82) is 0 Å². The quantitative estimate of drug-likeness (QED) is 0.788.